The number of guanidine groups is 1. The summed E-state index contributed by atoms with van der Waals surface area (Å²) in [6, 6.07) is 7.65. The lowest BCUT2D eigenvalue weighted by molar-refractivity contribution is -0.141. The van der Waals surface area contributed by atoms with E-state index in [0.717, 1.165) is 16.5 Å². The van der Waals surface area contributed by atoms with E-state index in [1.165, 1.54) is 50.8 Å². The van der Waals surface area contributed by atoms with Crippen molar-refractivity contribution in [3.05, 3.63) is 102 Å². The number of benzene rings is 2. The number of nitrogens with one attached hydrogen (secondary N) is 8. The standard InChI is InChI=1S/C57H73N15O9S3/c58-17-7-6-15-41-51(76)67-42(16-9-19-63-57(59)60)52(77)71-46-29-84-83-28-36(50(75)66-41)23-48(73)34(21-35-26-64-40-14-5-4-13-39(35)40)22-49(74)43(24-37-12-8-18-62-37)68-53(78)44(20-33-10-2-1-3-11-33)69-54(79)45(25-38-27-61-31-65-38)70-55(80)47-30-82-32-72(47)56(46)81/h1-5,10-14,18,26-27,31,34,36,41-47,64H,6-9,15-17,19-25,28-30,32,58H2,(H,61,65)(H,66,75)(H,67,76)(H,68,78)(H,69,79)(H,70,80)(H,71,77)(H4,59,60,63)/t34-,36+,41+,42+,43+,44-,45+,46+,47+/m1/s1. The van der Waals surface area contributed by atoms with Crippen LogP contribution in [0.25, 0.3) is 10.9 Å². The Morgan fingerprint density at radius 1 is 0.655 bits per heavy atom. The summed E-state index contributed by atoms with van der Waals surface area (Å²) >= 11 is 1.29. The largest absolute Gasteiger partial charge is 0.370 e. The molecule has 9 atom stereocenters. The number of Topliss-reactive ketones (excluding diaryl/α,β-unsaturated/α-hetero) is 2. The van der Waals surface area contributed by atoms with Gasteiger partial charge in [0.2, 0.25) is 41.4 Å². The smallest absolute Gasteiger partial charge is 0.247 e. The predicted molar refractivity (Wildman–Crippen MR) is 324 cm³/mol. The molecule has 3 fully saturated rings. The molecule has 0 spiro atoms. The number of unbranched alkanes of at least 4 members (excludes halogenated alkanes) is 1. The molecule has 24 nitrogen and oxygen atoms in total. The number of imidazole rings is 1. The van der Waals surface area contributed by atoms with Crippen molar-refractivity contribution >= 4 is 109 Å². The van der Waals surface area contributed by atoms with Crippen molar-refractivity contribution in [3.8, 4) is 0 Å². The lowest BCUT2D eigenvalue weighted by Crippen LogP contribution is -2.61. The van der Waals surface area contributed by atoms with Gasteiger partial charge in [-0.2, -0.15) is 0 Å². The Kier molecular flexibility index (Phi) is 23.0. The zero-order valence-corrected chi connectivity index (χ0v) is 48.9. The van der Waals surface area contributed by atoms with E-state index in [9.17, 15) is 28.8 Å². The molecule has 0 radical (unpaired) electrons. The lowest BCUT2D eigenvalue weighted by Gasteiger charge is -2.31. The number of thioether (sulfide) groups is 1. The van der Waals surface area contributed by atoms with Crippen LogP contribution in [-0.2, 0) is 62.4 Å². The Morgan fingerprint density at radius 3 is 2.07 bits per heavy atom. The number of nitrogens with two attached hydrogens (primary N) is 3. The highest BCUT2D eigenvalue weighted by Crippen LogP contribution is 2.32. The normalized spacial score (nSPS) is 25.5. The third kappa shape index (κ3) is 17.5. The van der Waals surface area contributed by atoms with Gasteiger partial charge in [-0.15, -0.1) is 11.8 Å². The zero-order chi connectivity index (χ0) is 59.5. The van der Waals surface area contributed by atoms with E-state index < -0.39 is 107 Å². The Labute approximate surface area is 498 Å². The van der Waals surface area contributed by atoms with Crippen LogP contribution in [0, 0.1) is 11.8 Å². The first-order chi connectivity index (χ1) is 40.6. The number of carbonyl (C=O) groups is 9. The molecule has 448 valence electrons. The molecule has 0 saturated carbocycles. The first-order valence-corrected chi connectivity index (χ1v) is 31.8. The van der Waals surface area contributed by atoms with Gasteiger partial charge in [-0.3, -0.25) is 53.1 Å². The molecular weight excluding hydrogens is 1130 g/mol. The maximum Gasteiger partial charge on any atom is 0.247 e. The summed E-state index contributed by atoms with van der Waals surface area (Å²) in [6.45, 7) is 0.405. The number of amides is 7. The van der Waals surface area contributed by atoms with Crippen LogP contribution < -0.4 is 49.1 Å². The fourth-order valence-corrected chi connectivity index (χ4v) is 14.1. The molecule has 6 heterocycles. The van der Waals surface area contributed by atoms with Crippen LogP contribution in [0.2, 0.25) is 0 Å². The molecule has 7 amide bonds. The highest BCUT2D eigenvalue weighted by atomic mass is 33.1. The number of aliphatic imine (C=N–C) groups is 2. The Bertz CT molecular complexity index is 3080. The van der Waals surface area contributed by atoms with Crippen LogP contribution in [0.5, 0.6) is 0 Å². The SMILES string of the molecule is NCCCC[C@@H]1NC(=O)[C@@H]2CSSC[C@H](NC(=O)[C@H](CCCN=C(N)N)NC1=O)C(=O)N1CSC[C@H]1C(=O)N[C@@H](Cc1cnc[nH]1)C(=O)N[C@H](Cc1ccccc1)C(=O)N[C@@H](CC1=CCC=N1)C(=O)C[C@@H](Cc1c[nH]c3ccccc13)C(=O)C2. The van der Waals surface area contributed by atoms with Gasteiger partial charge in [-0.25, -0.2) is 4.98 Å². The van der Waals surface area contributed by atoms with Crippen LogP contribution in [0.15, 0.2) is 95.1 Å². The molecule has 4 aromatic rings. The van der Waals surface area contributed by atoms with Crippen LogP contribution in [0.3, 0.4) is 0 Å². The summed E-state index contributed by atoms with van der Waals surface area (Å²) in [6.07, 6.45) is 9.11. The molecule has 0 unspecified atom stereocenters. The minimum atomic E-state index is -1.34. The average molecular weight is 1210 g/mol. The summed E-state index contributed by atoms with van der Waals surface area (Å²) in [5, 5.41) is 18.1. The number of aromatic amines is 2. The third-order valence-corrected chi connectivity index (χ3v) is 18.6. The number of hydrogen-bond acceptors (Lipinski definition) is 16. The van der Waals surface area contributed by atoms with E-state index >= 15 is 14.4 Å². The average Bonchev–Trinajstić information content (AvgIpc) is 4.54. The van der Waals surface area contributed by atoms with Crippen molar-refractivity contribution in [1.29, 1.82) is 0 Å². The highest BCUT2D eigenvalue weighted by Gasteiger charge is 2.42. The van der Waals surface area contributed by atoms with Gasteiger partial charge < -0.3 is 64.0 Å². The van der Waals surface area contributed by atoms with E-state index in [4.69, 9.17) is 17.2 Å². The Hall–Kier alpha value is -7.49. The summed E-state index contributed by atoms with van der Waals surface area (Å²) in [7, 11) is 2.35. The number of hydrogen-bond donors (Lipinski definition) is 11. The second-order valence-electron chi connectivity index (χ2n) is 21.2. The Balaban J connectivity index is 1.22. The number of ketones is 2. The molecule has 4 aliphatic rings. The number of H-pyrrole nitrogens is 2. The number of fused-ring (bicyclic) bond motifs is 7. The van der Waals surface area contributed by atoms with Crippen molar-refractivity contribution in [2.24, 2.45) is 39.0 Å². The van der Waals surface area contributed by atoms with Gasteiger partial charge in [-0.1, -0.05) is 76.2 Å². The first-order valence-electron chi connectivity index (χ1n) is 28.2. The van der Waals surface area contributed by atoms with Crippen LogP contribution in [0.4, 0.5) is 0 Å². The summed E-state index contributed by atoms with van der Waals surface area (Å²) in [5.41, 5.74) is 20.3. The Morgan fingerprint density at radius 2 is 1.33 bits per heavy atom. The van der Waals surface area contributed by atoms with Gasteiger partial charge in [0.15, 0.2) is 11.7 Å². The van der Waals surface area contributed by atoms with Crippen molar-refractivity contribution < 1.29 is 43.2 Å². The number of allylic oxidation sites excluding steroid dienone is 1. The molecule has 4 aliphatic heterocycles. The van der Waals surface area contributed by atoms with E-state index in [0.29, 0.717) is 42.8 Å². The van der Waals surface area contributed by atoms with Crippen LogP contribution in [0.1, 0.15) is 74.6 Å². The van der Waals surface area contributed by atoms with Crippen molar-refractivity contribution in [2.45, 2.75) is 119 Å². The molecular formula is C57H73N15O9S3. The fraction of sp³-hybridized carbons (Fsp3) is 0.474. The van der Waals surface area contributed by atoms with Gasteiger partial charge in [0.05, 0.1) is 24.2 Å². The van der Waals surface area contributed by atoms with E-state index in [1.54, 1.807) is 42.7 Å². The third-order valence-electron chi connectivity index (χ3n) is 15.1. The molecule has 3 saturated heterocycles. The van der Waals surface area contributed by atoms with Crippen LogP contribution >= 0.6 is 33.3 Å². The maximum atomic E-state index is 15.3. The first kappa shape index (κ1) is 62.6. The van der Waals surface area contributed by atoms with Gasteiger partial charge in [0.25, 0.3) is 0 Å². The minimum Gasteiger partial charge on any atom is -0.370 e. The molecule has 2 aromatic carbocycles. The molecule has 8 rings (SSSR count). The quantitative estimate of drug-likeness (QED) is 0.0325. The highest BCUT2D eigenvalue weighted by molar-refractivity contribution is 8.76. The van der Waals surface area contributed by atoms with Gasteiger partial charge in [-0.05, 0) is 62.3 Å². The predicted octanol–water partition coefficient (Wildman–Crippen LogP) is 1.22. The number of rotatable bonds is 16. The number of carbonyl (C=O) groups excluding carboxylic acids is 9. The second-order valence-corrected chi connectivity index (χ2v) is 24.8. The van der Waals surface area contributed by atoms with Crippen molar-refractivity contribution in [2.75, 3.05) is 36.2 Å². The van der Waals surface area contributed by atoms with Gasteiger partial charge >= 0.3 is 0 Å². The number of para-hydroxylation sites is 1. The minimum absolute atomic E-state index is 0.00755. The van der Waals surface area contributed by atoms with E-state index in [-0.39, 0.29) is 93.4 Å². The van der Waals surface area contributed by atoms with E-state index in [1.807, 2.05) is 30.3 Å². The van der Waals surface area contributed by atoms with E-state index in [2.05, 4.69) is 56.8 Å². The summed E-state index contributed by atoms with van der Waals surface area (Å²) in [4.78, 5) is 154. The second kappa shape index (κ2) is 30.9. The summed E-state index contributed by atoms with van der Waals surface area (Å²) < 4.78 is 0. The van der Waals surface area contributed by atoms with Gasteiger partial charge in [0.1, 0.15) is 42.0 Å². The van der Waals surface area contributed by atoms with Crippen molar-refractivity contribution in [1.82, 2.24) is 51.8 Å². The topological polar surface area (TPSA) is 376 Å². The molecule has 0 aliphatic carbocycles. The van der Waals surface area contributed by atoms with Gasteiger partial charge in [0, 0.05) is 109 Å². The zero-order valence-electron chi connectivity index (χ0n) is 46.4. The monoisotopic (exact) mass is 1210 g/mol. The van der Waals surface area contributed by atoms with Crippen LogP contribution in [-0.4, -0.2) is 163 Å². The fourth-order valence-electron chi connectivity index (χ4n) is 10.5. The number of aromatic nitrogens is 3. The van der Waals surface area contributed by atoms with Crippen molar-refractivity contribution in [3.63, 3.8) is 0 Å². The molecule has 84 heavy (non-hydrogen) atoms. The molecule has 27 heteroatoms. The molecule has 2 bridgehead atoms. The number of nitrogens with zero attached hydrogens (tertiary/aromatic N) is 4. The maximum absolute atomic E-state index is 15.3. The summed E-state index contributed by atoms with van der Waals surface area (Å²) in [5.74, 6) is -8.01. The molecule has 14 N–H and O–H groups in total. The lowest BCUT2D eigenvalue weighted by atomic mass is 9.84. The molecule has 2 aromatic heterocycles.